The molecule has 1 aliphatic heterocycles. The number of carbonyl (C=O) groups excluding carboxylic acids is 2. The van der Waals surface area contributed by atoms with Gasteiger partial charge in [0.2, 0.25) is 0 Å². The topological polar surface area (TPSA) is 57.6 Å². The van der Waals surface area contributed by atoms with E-state index in [4.69, 9.17) is 0 Å². The van der Waals surface area contributed by atoms with Gasteiger partial charge in [0.05, 0.1) is 5.56 Å². The Morgan fingerprint density at radius 2 is 1.67 bits per heavy atom. The average molecular weight is 365 g/mol. The Labute approximate surface area is 160 Å². The number of likely N-dealkylation sites (tertiary alicyclic amines) is 1. The molecule has 0 aromatic heterocycles. The van der Waals surface area contributed by atoms with Gasteiger partial charge in [-0.25, -0.2) is 0 Å². The summed E-state index contributed by atoms with van der Waals surface area (Å²) in [7, 11) is 0. The van der Waals surface area contributed by atoms with E-state index in [1.165, 1.54) is 0 Å². The SMILES string of the molecule is Cc1ccc(C(=O)C2CCN(C(=O)c3ccc(C(C)C)cc3O)CC2)cc1. The Kier molecular flexibility index (Phi) is 5.64. The number of amides is 1. The zero-order chi connectivity index (χ0) is 19.6. The molecule has 4 nitrogen and oxygen atoms in total. The summed E-state index contributed by atoms with van der Waals surface area (Å²) in [6, 6.07) is 12.9. The highest BCUT2D eigenvalue weighted by molar-refractivity contribution is 5.99. The largest absolute Gasteiger partial charge is 0.507 e. The molecule has 0 spiro atoms. The molecule has 1 heterocycles. The lowest BCUT2D eigenvalue weighted by Crippen LogP contribution is -2.40. The molecule has 2 aromatic carbocycles. The van der Waals surface area contributed by atoms with Crippen LogP contribution in [0.2, 0.25) is 0 Å². The molecule has 0 bridgehead atoms. The van der Waals surface area contributed by atoms with Crippen molar-refractivity contribution in [3.8, 4) is 5.75 Å². The number of aryl methyl sites for hydroxylation is 1. The monoisotopic (exact) mass is 365 g/mol. The minimum absolute atomic E-state index is 0.0315. The Bertz CT molecular complexity index is 831. The van der Waals surface area contributed by atoms with Crippen molar-refractivity contribution in [3.05, 3.63) is 64.7 Å². The number of benzene rings is 2. The molecule has 0 radical (unpaired) electrons. The van der Waals surface area contributed by atoms with E-state index in [-0.39, 0.29) is 23.4 Å². The van der Waals surface area contributed by atoms with Crippen LogP contribution in [0.3, 0.4) is 0 Å². The summed E-state index contributed by atoms with van der Waals surface area (Å²) in [5.41, 5.74) is 3.22. The van der Waals surface area contributed by atoms with Gasteiger partial charge in [-0.15, -0.1) is 0 Å². The molecule has 4 heteroatoms. The predicted octanol–water partition coefficient (Wildman–Crippen LogP) is 4.56. The lowest BCUT2D eigenvalue weighted by atomic mass is 9.88. The van der Waals surface area contributed by atoms with E-state index in [1.54, 1.807) is 17.0 Å². The molecule has 1 saturated heterocycles. The van der Waals surface area contributed by atoms with E-state index in [1.807, 2.05) is 51.1 Å². The Balaban J connectivity index is 1.64. The number of hydrogen-bond acceptors (Lipinski definition) is 3. The molecule has 3 rings (SSSR count). The van der Waals surface area contributed by atoms with Crippen LogP contribution in [0, 0.1) is 12.8 Å². The minimum Gasteiger partial charge on any atom is -0.507 e. The maximum absolute atomic E-state index is 12.8. The second kappa shape index (κ2) is 7.95. The first-order chi connectivity index (χ1) is 12.9. The minimum atomic E-state index is -0.163. The molecule has 0 unspecified atom stereocenters. The van der Waals surface area contributed by atoms with Crippen molar-refractivity contribution in [2.75, 3.05) is 13.1 Å². The average Bonchev–Trinajstić information content (AvgIpc) is 2.67. The summed E-state index contributed by atoms with van der Waals surface area (Å²) in [4.78, 5) is 27.2. The van der Waals surface area contributed by atoms with E-state index < -0.39 is 0 Å². The summed E-state index contributed by atoms with van der Waals surface area (Å²) in [6.07, 6.45) is 1.31. The third-order valence-corrected chi connectivity index (χ3v) is 5.41. The summed E-state index contributed by atoms with van der Waals surface area (Å²) in [6.45, 7) is 7.17. The zero-order valence-electron chi connectivity index (χ0n) is 16.2. The van der Waals surface area contributed by atoms with Gasteiger partial charge in [-0.05, 0) is 43.4 Å². The highest BCUT2D eigenvalue weighted by Gasteiger charge is 2.29. The number of rotatable bonds is 4. The summed E-state index contributed by atoms with van der Waals surface area (Å²) >= 11 is 0. The first kappa shape index (κ1) is 19.2. The van der Waals surface area contributed by atoms with Crippen LogP contribution in [0.25, 0.3) is 0 Å². The van der Waals surface area contributed by atoms with Crippen LogP contribution in [-0.2, 0) is 0 Å². The third-order valence-electron chi connectivity index (χ3n) is 5.41. The summed E-state index contributed by atoms with van der Waals surface area (Å²) in [5, 5.41) is 10.3. The number of nitrogens with zero attached hydrogens (tertiary/aromatic N) is 1. The van der Waals surface area contributed by atoms with Gasteiger partial charge in [-0.2, -0.15) is 0 Å². The first-order valence-corrected chi connectivity index (χ1v) is 9.60. The van der Waals surface area contributed by atoms with Gasteiger partial charge >= 0.3 is 0 Å². The molecule has 1 aliphatic rings. The quantitative estimate of drug-likeness (QED) is 0.808. The maximum atomic E-state index is 12.8. The molecule has 1 fully saturated rings. The van der Waals surface area contributed by atoms with Gasteiger partial charge in [-0.1, -0.05) is 49.7 Å². The number of aromatic hydroxyl groups is 1. The molecule has 27 heavy (non-hydrogen) atoms. The number of phenols is 1. The van der Waals surface area contributed by atoms with Gasteiger partial charge in [-0.3, -0.25) is 9.59 Å². The van der Waals surface area contributed by atoms with Crippen LogP contribution in [-0.4, -0.2) is 34.8 Å². The molecule has 142 valence electrons. The lowest BCUT2D eigenvalue weighted by Gasteiger charge is -2.31. The van der Waals surface area contributed by atoms with Gasteiger partial charge < -0.3 is 10.0 Å². The number of piperidine rings is 1. The van der Waals surface area contributed by atoms with Crippen LogP contribution in [0.5, 0.6) is 5.75 Å². The Hall–Kier alpha value is -2.62. The van der Waals surface area contributed by atoms with Gasteiger partial charge in [0.1, 0.15) is 5.75 Å². The molecular formula is C23H27NO3. The van der Waals surface area contributed by atoms with E-state index in [0.717, 1.165) is 16.7 Å². The maximum Gasteiger partial charge on any atom is 0.257 e. The van der Waals surface area contributed by atoms with Crippen molar-refractivity contribution in [2.45, 2.75) is 39.5 Å². The highest BCUT2D eigenvalue weighted by atomic mass is 16.3. The normalized spacial score (nSPS) is 15.2. The van der Waals surface area contributed by atoms with Gasteiger partial charge in [0.25, 0.3) is 5.91 Å². The van der Waals surface area contributed by atoms with Crippen molar-refractivity contribution >= 4 is 11.7 Å². The standard InChI is InChI=1S/C23H27NO3/c1-15(2)19-8-9-20(21(25)14-19)23(27)24-12-10-18(11-13-24)22(26)17-6-4-16(3)5-7-17/h4-9,14-15,18,25H,10-13H2,1-3H3. The van der Waals surface area contributed by atoms with Crippen molar-refractivity contribution in [2.24, 2.45) is 5.92 Å². The molecule has 2 aromatic rings. The number of ketones is 1. The number of carbonyl (C=O) groups is 2. The highest BCUT2D eigenvalue weighted by Crippen LogP contribution is 2.27. The fourth-order valence-corrected chi connectivity index (χ4v) is 3.56. The van der Waals surface area contributed by atoms with E-state index in [9.17, 15) is 14.7 Å². The molecule has 0 aliphatic carbocycles. The van der Waals surface area contributed by atoms with Crippen LogP contribution >= 0.6 is 0 Å². The van der Waals surface area contributed by atoms with Crippen molar-refractivity contribution in [1.82, 2.24) is 4.90 Å². The lowest BCUT2D eigenvalue weighted by molar-refractivity contribution is 0.0647. The number of hydrogen-bond donors (Lipinski definition) is 1. The van der Waals surface area contributed by atoms with Crippen LogP contribution in [0.1, 0.15) is 64.4 Å². The Morgan fingerprint density at radius 1 is 1.04 bits per heavy atom. The third kappa shape index (κ3) is 4.21. The Morgan fingerprint density at radius 3 is 2.22 bits per heavy atom. The van der Waals surface area contributed by atoms with Crippen LogP contribution < -0.4 is 0 Å². The second-order valence-corrected chi connectivity index (χ2v) is 7.73. The predicted molar refractivity (Wildman–Crippen MR) is 106 cm³/mol. The van der Waals surface area contributed by atoms with Crippen LogP contribution in [0.15, 0.2) is 42.5 Å². The van der Waals surface area contributed by atoms with Crippen molar-refractivity contribution in [1.29, 1.82) is 0 Å². The van der Waals surface area contributed by atoms with E-state index in [0.29, 0.717) is 37.4 Å². The molecule has 1 amide bonds. The summed E-state index contributed by atoms with van der Waals surface area (Å²) < 4.78 is 0. The van der Waals surface area contributed by atoms with Gasteiger partial charge in [0.15, 0.2) is 5.78 Å². The zero-order valence-corrected chi connectivity index (χ0v) is 16.2. The number of phenolic OH excluding ortho intramolecular Hbond substituents is 1. The number of Topliss-reactive ketones (excluding diaryl/α,β-unsaturated/α-hetero) is 1. The first-order valence-electron chi connectivity index (χ1n) is 9.60. The van der Waals surface area contributed by atoms with Crippen molar-refractivity contribution < 1.29 is 14.7 Å². The summed E-state index contributed by atoms with van der Waals surface area (Å²) in [5.74, 6) is 0.275. The molecule has 0 atom stereocenters. The molecule has 1 N–H and O–H groups in total. The fraction of sp³-hybridized carbons (Fsp3) is 0.391. The fourth-order valence-electron chi connectivity index (χ4n) is 3.56. The van der Waals surface area contributed by atoms with Crippen molar-refractivity contribution in [3.63, 3.8) is 0 Å². The molecular weight excluding hydrogens is 338 g/mol. The van der Waals surface area contributed by atoms with Crippen LogP contribution in [0.4, 0.5) is 0 Å². The second-order valence-electron chi connectivity index (χ2n) is 7.73. The van der Waals surface area contributed by atoms with E-state index >= 15 is 0 Å². The molecule has 0 saturated carbocycles. The van der Waals surface area contributed by atoms with E-state index in [2.05, 4.69) is 0 Å². The van der Waals surface area contributed by atoms with Gasteiger partial charge in [0, 0.05) is 24.6 Å². The smallest absolute Gasteiger partial charge is 0.257 e.